The first kappa shape index (κ1) is 56.3. The van der Waals surface area contributed by atoms with Gasteiger partial charge in [-0.15, -0.1) is 0 Å². The van der Waals surface area contributed by atoms with Crippen LogP contribution in [-0.4, -0.2) is 104 Å². The van der Waals surface area contributed by atoms with E-state index < -0.39 is 0 Å². The van der Waals surface area contributed by atoms with E-state index >= 15 is 0 Å². The first-order chi connectivity index (χ1) is 7.90. The molecule has 5 nitrogen and oxygen atoms in total. The minimum atomic E-state index is 0. The first-order valence-electron chi connectivity index (χ1n) is 7.24. The number of hydrogen-bond donors (Lipinski definition) is 4. The van der Waals surface area contributed by atoms with Crippen molar-refractivity contribution in [1.29, 1.82) is 0 Å². The third kappa shape index (κ3) is 16.3. The summed E-state index contributed by atoms with van der Waals surface area (Å²) in [6.45, 7) is 17.3. The topological polar surface area (TPSA) is 49.3 Å². The van der Waals surface area contributed by atoms with Crippen molar-refractivity contribution >= 4 is 20.2 Å². The minimum Gasteiger partial charge on any atom is -1.00 e. The van der Waals surface area contributed by atoms with Crippen molar-refractivity contribution in [3.63, 3.8) is 0 Å². The summed E-state index contributed by atoms with van der Waals surface area (Å²) in [4.78, 5) is 7.39. The third-order valence-electron chi connectivity index (χ3n) is 4.99. The summed E-state index contributed by atoms with van der Waals surface area (Å²) in [7, 11) is 0. The Balaban J connectivity index is -0.0000000244. The molecule has 27 heavy (non-hydrogen) atoms. The molecule has 15 heteroatoms. The van der Waals surface area contributed by atoms with Crippen LogP contribution in [0, 0.1) is 0 Å². The van der Waals surface area contributed by atoms with Crippen molar-refractivity contribution in [1.82, 2.24) is 0 Å². The number of hydrogen-bond acceptors (Lipinski definition) is 0. The Hall–Kier alpha value is -0.422. The van der Waals surface area contributed by atoms with E-state index in [1.54, 1.807) is 0 Å². The second kappa shape index (κ2) is 27.8. The number of quaternary nitrogens is 4. The van der Waals surface area contributed by atoms with E-state index in [2.05, 4.69) is 0 Å². The number of halogens is 8. The normalized spacial score (nSPS) is 26.7. The summed E-state index contributed by atoms with van der Waals surface area (Å²) in [6.07, 6.45) is 0. The summed E-state index contributed by atoms with van der Waals surface area (Å²) in [6, 6.07) is 0. The molecule has 0 amide bonds. The van der Waals surface area contributed by atoms with Crippen molar-refractivity contribution in [2.75, 3.05) is 78.5 Å². The van der Waals surface area contributed by atoms with Gasteiger partial charge in [-0.05, 0) is 0 Å². The van der Waals surface area contributed by atoms with Crippen molar-refractivity contribution in [3.05, 3.63) is 0 Å². The molecule has 6 fully saturated rings. The van der Waals surface area contributed by atoms with E-state index in [9.17, 15) is 0 Å². The van der Waals surface area contributed by atoms with Gasteiger partial charge in [0.2, 0.25) is 0 Å². The van der Waals surface area contributed by atoms with Crippen LogP contribution in [0.2, 0.25) is 0 Å². The second-order valence-corrected chi connectivity index (χ2v) is 6.00. The Morgan fingerprint density at radius 1 is 0.259 bits per heavy atom. The molecule has 6 aliphatic rings. The van der Waals surface area contributed by atoms with Gasteiger partial charge in [0.25, 0.3) is 0 Å². The molecule has 6 rings (SSSR count). The van der Waals surface area contributed by atoms with Crippen LogP contribution in [0.15, 0.2) is 0 Å². The largest absolute Gasteiger partial charge is 2.00 e. The Morgan fingerprint density at radius 2 is 0.333 bits per heavy atom. The number of rotatable bonds is 0. The molecule has 0 atom stereocenters. The van der Waals surface area contributed by atoms with Gasteiger partial charge in [0, 0.05) is 0 Å². The van der Waals surface area contributed by atoms with Crippen LogP contribution < -0.4 is 57.2 Å². The zero-order chi connectivity index (χ0) is 10.8. The summed E-state index contributed by atoms with van der Waals surface area (Å²) >= 11 is 0. The standard InChI is InChI=1S/2C6H12N2.2Be.8FH.H2O/c2*1-2-8-5-3-7(1)4-6-8;;;;;;;;;;;/h2*1-6H2;;;8*1H;1H2/q;;2*+2;;;;;;;;;/p-4. The monoisotopic (exact) mass is 416 g/mol. The van der Waals surface area contributed by atoms with Gasteiger partial charge in [-0.3, -0.25) is 0 Å². The number of nitrogens with one attached hydrogen (secondary N) is 4. The summed E-state index contributed by atoms with van der Waals surface area (Å²) < 4.78 is 0. The maximum absolute atomic E-state index is 1.85. The SMILES string of the molecule is C1C[NH+]2CC[NH+]1CC2.C1C[NH+]2CC[NH+]1CC2.O.[Be+2].[Be+2].[F-].[F-].[F-].[F-].[F-].[F-].[F-].[F-]. The first-order valence-corrected chi connectivity index (χ1v) is 7.24. The van der Waals surface area contributed by atoms with Crippen LogP contribution >= 0.6 is 0 Å². The van der Waals surface area contributed by atoms with Gasteiger partial charge in [0.05, 0.1) is 0 Å². The summed E-state index contributed by atoms with van der Waals surface area (Å²) in [5.74, 6) is 0. The van der Waals surface area contributed by atoms with Crippen LogP contribution in [0.5, 0.6) is 0 Å². The van der Waals surface area contributed by atoms with E-state index in [1.807, 2.05) is 19.6 Å². The number of fused-ring (bicyclic) bond motifs is 6. The zero-order valence-electron chi connectivity index (χ0n) is 15.4. The molecule has 6 N–H and O–H groups in total. The van der Waals surface area contributed by atoms with Crippen molar-refractivity contribution in [3.8, 4) is 0 Å². The Morgan fingerprint density at radius 3 is 0.370 bits per heavy atom. The van der Waals surface area contributed by atoms with E-state index in [4.69, 9.17) is 0 Å². The predicted octanol–water partition coefficient (Wildman–Crippen LogP) is -32.0. The molecule has 0 radical (unpaired) electrons. The van der Waals surface area contributed by atoms with Crippen LogP contribution in [0.3, 0.4) is 0 Å². The van der Waals surface area contributed by atoms with E-state index in [0.717, 1.165) is 0 Å². The average Bonchev–Trinajstić information content (AvgIpc) is 2.44. The average molecular weight is 416 g/mol. The van der Waals surface area contributed by atoms with Crippen LogP contribution in [0.4, 0.5) is 0 Å². The second-order valence-electron chi connectivity index (χ2n) is 6.00. The molecule has 4 bridgehead atoms. The fourth-order valence-electron chi connectivity index (χ4n) is 3.62. The molecular formula is C12H30Be2F8N4O. The van der Waals surface area contributed by atoms with E-state index in [-0.39, 0.29) is 63.4 Å². The molecule has 6 heterocycles. The van der Waals surface area contributed by atoms with Crippen molar-refractivity contribution in [2.45, 2.75) is 0 Å². The van der Waals surface area contributed by atoms with Crippen molar-refractivity contribution < 1.29 is 62.7 Å². The molecule has 6 aliphatic heterocycles. The van der Waals surface area contributed by atoms with Gasteiger partial charge in [-0.1, -0.05) is 0 Å². The molecular weight excluding hydrogens is 386 g/mol. The molecule has 0 aromatic rings. The quantitative estimate of drug-likeness (QED) is 0.224. The summed E-state index contributed by atoms with van der Waals surface area (Å²) in [5, 5.41) is 0. The Bertz CT molecular complexity index is 185. The maximum atomic E-state index is 1.85. The molecule has 0 unspecified atom stereocenters. The zero-order valence-corrected chi connectivity index (χ0v) is 15.4. The van der Waals surface area contributed by atoms with Gasteiger partial charge in [-0.25, -0.2) is 0 Å². The van der Waals surface area contributed by atoms with E-state index in [0.29, 0.717) is 0 Å². The van der Waals surface area contributed by atoms with Gasteiger partial charge in [-0.2, -0.15) is 0 Å². The molecule has 0 spiro atoms. The third-order valence-corrected chi connectivity index (χ3v) is 4.99. The van der Waals surface area contributed by atoms with Gasteiger partial charge in [0.15, 0.2) is 0 Å². The number of piperazine rings is 6. The molecule has 0 aliphatic carbocycles. The van der Waals surface area contributed by atoms with Crippen molar-refractivity contribution in [2.24, 2.45) is 0 Å². The molecule has 0 aromatic carbocycles. The van der Waals surface area contributed by atoms with Gasteiger partial charge < -0.3 is 62.7 Å². The molecule has 6 saturated heterocycles. The van der Waals surface area contributed by atoms with Crippen LogP contribution in [-0.2, 0) is 0 Å². The fourth-order valence-corrected chi connectivity index (χ4v) is 3.62. The molecule has 0 aromatic heterocycles. The predicted molar refractivity (Wildman–Crippen MR) is 77.4 cm³/mol. The van der Waals surface area contributed by atoms with Crippen LogP contribution in [0.25, 0.3) is 0 Å². The summed E-state index contributed by atoms with van der Waals surface area (Å²) in [5.41, 5.74) is 0. The maximum Gasteiger partial charge on any atom is 2.00 e. The molecule has 164 valence electrons. The van der Waals surface area contributed by atoms with Crippen LogP contribution in [0.1, 0.15) is 0 Å². The Labute approximate surface area is 162 Å². The molecule has 0 saturated carbocycles. The smallest absolute Gasteiger partial charge is 1.00 e. The van der Waals surface area contributed by atoms with Gasteiger partial charge in [0.1, 0.15) is 78.5 Å². The fraction of sp³-hybridized carbons (Fsp3) is 1.00. The Kier molecular flexibility index (Phi) is 57.9. The van der Waals surface area contributed by atoms with Gasteiger partial charge >= 0.3 is 20.2 Å². The van der Waals surface area contributed by atoms with E-state index in [1.165, 1.54) is 78.5 Å². The minimum absolute atomic E-state index is 0.